The van der Waals surface area contributed by atoms with E-state index in [9.17, 15) is 0 Å². The molecule has 22 heavy (non-hydrogen) atoms. The molecule has 1 aromatic heterocycles. The molecule has 2 aromatic carbocycles. The van der Waals surface area contributed by atoms with E-state index in [1.807, 2.05) is 53.5 Å². The van der Waals surface area contributed by atoms with Crippen LogP contribution in [0.5, 0.6) is 5.75 Å². The lowest BCUT2D eigenvalue weighted by atomic mass is 10.2. The van der Waals surface area contributed by atoms with E-state index in [1.165, 1.54) is 5.56 Å². The molecule has 1 N–H and O–H groups in total. The fourth-order valence-corrected chi connectivity index (χ4v) is 2.36. The second-order valence-electron chi connectivity index (χ2n) is 5.08. The van der Waals surface area contributed by atoms with E-state index >= 15 is 0 Å². The fraction of sp³-hybridized carbons (Fsp3) is 0.167. The number of ether oxygens (including phenoxy) is 1. The van der Waals surface area contributed by atoms with Crippen molar-refractivity contribution in [3.05, 3.63) is 78.1 Å². The minimum Gasteiger partial charge on any atom is -0.496 e. The molecule has 0 bridgehead atoms. The standard InChI is InChI=1S/C18H19N3O/c1-22-18-10-6-5-9-16(18)11-19-17-12-20-21(14-17)13-15-7-3-2-4-8-15/h2-10,12,14,19H,11,13H2,1H3. The van der Waals surface area contributed by atoms with E-state index in [-0.39, 0.29) is 0 Å². The Morgan fingerprint density at radius 2 is 1.82 bits per heavy atom. The second kappa shape index (κ2) is 6.80. The topological polar surface area (TPSA) is 39.1 Å². The number of para-hydroxylation sites is 1. The van der Waals surface area contributed by atoms with Crippen LogP contribution in [0.4, 0.5) is 5.69 Å². The maximum Gasteiger partial charge on any atom is 0.123 e. The molecule has 1 heterocycles. The second-order valence-corrected chi connectivity index (χ2v) is 5.08. The number of rotatable bonds is 6. The summed E-state index contributed by atoms with van der Waals surface area (Å²) in [4.78, 5) is 0. The summed E-state index contributed by atoms with van der Waals surface area (Å²) in [7, 11) is 1.69. The van der Waals surface area contributed by atoms with Gasteiger partial charge in [-0.3, -0.25) is 4.68 Å². The summed E-state index contributed by atoms with van der Waals surface area (Å²) < 4.78 is 7.29. The summed E-state index contributed by atoms with van der Waals surface area (Å²) >= 11 is 0. The first-order chi connectivity index (χ1) is 10.8. The van der Waals surface area contributed by atoms with Crippen molar-refractivity contribution in [1.29, 1.82) is 0 Å². The van der Waals surface area contributed by atoms with Crippen LogP contribution in [-0.2, 0) is 13.1 Å². The summed E-state index contributed by atoms with van der Waals surface area (Å²) in [6.07, 6.45) is 3.86. The van der Waals surface area contributed by atoms with Crippen LogP contribution in [0.25, 0.3) is 0 Å². The summed E-state index contributed by atoms with van der Waals surface area (Å²) in [6.45, 7) is 1.48. The molecule has 4 nitrogen and oxygen atoms in total. The van der Waals surface area contributed by atoms with Crippen LogP contribution in [0.15, 0.2) is 67.0 Å². The number of nitrogens with zero attached hydrogens (tertiary/aromatic N) is 2. The Morgan fingerprint density at radius 1 is 1.05 bits per heavy atom. The Bertz CT molecular complexity index is 722. The largest absolute Gasteiger partial charge is 0.496 e. The summed E-state index contributed by atoms with van der Waals surface area (Å²) in [5.41, 5.74) is 3.37. The van der Waals surface area contributed by atoms with Crippen LogP contribution in [0.2, 0.25) is 0 Å². The third-order valence-corrected chi connectivity index (χ3v) is 3.50. The molecule has 3 rings (SSSR count). The molecule has 0 atom stereocenters. The molecular formula is C18H19N3O. The van der Waals surface area contributed by atoms with Crippen molar-refractivity contribution >= 4 is 5.69 Å². The normalized spacial score (nSPS) is 10.4. The first kappa shape index (κ1) is 14.2. The molecule has 0 aliphatic carbocycles. The monoisotopic (exact) mass is 293 g/mol. The van der Waals surface area contributed by atoms with Gasteiger partial charge in [0.15, 0.2) is 0 Å². The zero-order valence-corrected chi connectivity index (χ0v) is 12.6. The van der Waals surface area contributed by atoms with Gasteiger partial charge in [0.25, 0.3) is 0 Å². The number of benzene rings is 2. The molecule has 0 aliphatic rings. The molecule has 0 unspecified atom stereocenters. The zero-order valence-electron chi connectivity index (χ0n) is 12.6. The highest BCUT2D eigenvalue weighted by molar-refractivity contribution is 5.42. The predicted molar refractivity (Wildman–Crippen MR) is 88.1 cm³/mol. The van der Waals surface area contributed by atoms with Crippen molar-refractivity contribution in [2.45, 2.75) is 13.1 Å². The van der Waals surface area contributed by atoms with E-state index in [0.717, 1.165) is 23.5 Å². The van der Waals surface area contributed by atoms with Crippen LogP contribution >= 0.6 is 0 Å². The van der Waals surface area contributed by atoms with E-state index in [0.29, 0.717) is 6.54 Å². The number of aromatic nitrogens is 2. The fourth-order valence-electron chi connectivity index (χ4n) is 2.36. The minimum atomic E-state index is 0.709. The Morgan fingerprint density at radius 3 is 2.64 bits per heavy atom. The number of hydrogen-bond donors (Lipinski definition) is 1. The lowest BCUT2D eigenvalue weighted by molar-refractivity contribution is 0.410. The van der Waals surface area contributed by atoms with Gasteiger partial charge in [-0.2, -0.15) is 5.10 Å². The van der Waals surface area contributed by atoms with E-state index in [1.54, 1.807) is 7.11 Å². The first-order valence-electron chi connectivity index (χ1n) is 7.27. The van der Waals surface area contributed by atoms with Crippen molar-refractivity contribution in [3.63, 3.8) is 0 Å². The molecule has 0 saturated heterocycles. The van der Waals surface area contributed by atoms with Crippen LogP contribution in [0.3, 0.4) is 0 Å². The van der Waals surface area contributed by atoms with E-state index in [2.05, 4.69) is 28.6 Å². The highest BCUT2D eigenvalue weighted by Gasteiger charge is 2.03. The van der Waals surface area contributed by atoms with Gasteiger partial charge in [0, 0.05) is 18.3 Å². The third-order valence-electron chi connectivity index (χ3n) is 3.50. The average molecular weight is 293 g/mol. The number of methoxy groups -OCH3 is 1. The van der Waals surface area contributed by atoms with Gasteiger partial charge in [-0.25, -0.2) is 0 Å². The van der Waals surface area contributed by atoms with Gasteiger partial charge in [0.05, 0.1) is 25.5 Å². The first-order valence-corrected chi connectivity index (χ1v) is 7.27. The lowest BCUT2D eigenvalue weighted by Crippen LogP contribution is -2.01. The smallest absolute Gasteiger partial charge is 0.123 e. The van der Waals surface area contributed by atoms with Crippen LogP contribution in [-0.4, -0.2) is 16.9 Å². The van der Waals surface area contributed by atoms with Gasteiger partial charge >= 0.3 is 0 Å². The van der Waals surface area contributed by atoms with Crippen molar-refractivity contribution in [2.24, 2.45) is 0 Å². The van der Waals surface area contributed by atoms with Gasteiger partial charge in [-0.05, 0) is 11.6 Å². The number of hydrogen-bond acceptors (Lipinski definition) is 3. The van der Waals surface area contributed by atoms with Gasteiger partial charge in [-0.15, -0.1) is 0 Å². The molecule has 3 aromatic rings. The van der Waals surface area contributed by atoms with E-state index < -0.39 is 0 Å². The molecule has 0 fully saturated rings. The molecule has 4 heteroatoms. The summed E-state index contributed by atoms with van der Waals surface area (Å²) in [6, 6.07) is 18.3. The van der Waals surface area contributed by atoms with Crippen LogP contribution in [0, 0.1) is 0 Å². The molecule has 0 saturated carbocycles. The van der Waals surface area contributed by atoms with Crippen molar-refractivity contribution in [3.8, 4) is 5.75 Å². The molecule has 0 spiro atoms. The predicted octanol–water partition coefficient (Wildman–Crippen LogP) is 3.55. The van der Waals surface area contributed by atoms with Crippen LogP contribution in [0.1, 0.15) is 11.1 Å². The molecule has 112 valence electrons. The Hall–Kier alpha value is -2.75. The van der Waals surface area contributed by atoms with Crippen molar-refractivity contribution in [1.82, 2.24) is 9.78 Å². The van der Waals surface area contributed by atoms with Gasteiger partial charge < -0.3 is 10.1 Å². The maximum absolute atomic E-state index is 5.36. The Labute approximate surface area is 130 Å². The minimum absolute atomic E-state index is 0.709. The van der Waals surface area contributed by atoms with Crippen molar-refractivity contribution in [2.75, 3.05) is 12.4 Å². The maximum atomic E-state index is 5.36. The van der Waals surface area contributed by atoms with E-state index in [4.69, 9.17) is 4.74 Å². The van der Waals surface area contributed by atoms with Gasteiger partial charge in [-0.1, -0.05) is 48.5 Å². The highest BCUT2D eigenvalue weighted by atomic mass is 16.5. The van der Waals surface area contributed by atoms with Gasteiger partial charge in [0.1, 0.15) is 5.75 Å². The molecule has 0 amide bonds. The molecule has 0 radical (unpaired) electrons. The average Bonchev–Trinajstić information content (AvgIpc) is 3.01. The summed E-state index contributed by atoms with van der Waals surface area (Å²) in [5.74, 6) is 0.895. The summed E-state index contributed by atoms with van der Waals surface area (Å²) in [5, 5.41) is 7.77. The number of nitrogens with one attached hydrogen (secondary N) is 1. The molecule has 0 aliphatic heterocycles. The zero-order chi connectivity index (χ0) is 15.2. The highest BCUT2D eigenvalue weighted by Crippen LogP contribution is 2.18. The van der Waals surface area contributed by atoms with Gasteiger partial charge in [0.2, 0.25) is 0 Å². The quantitative estimate of drug-likeness (QED) is 0.755. The number of anilines is 1. The molecular weight excluding hydrogens is 274 g/mol. The Kier molecular flexibility index (Phi) is 4.39. The lowest BCUT2D eigenvalue weighted by Gasteiger charge is -2.08. The third kappa shape index (κ3) is 3.47. The van der Waals surface area contributed by atoms with Crippen molar-refractivity contribution < 1.29 is 4.74 Å². The Balaban J connectivity index is 1.62. The van der Waals surface area contributed by atoms with Crippen LogP contribution < -0.4 is 10.1 Å². The SMILES string of the molecule is COc1ccccc1CNc1cnn(Cc2ccccc2)c1.